The van der Waals surface area contributed by atoms with Gasteiger partial charge in [0.05, 0.1) is 20.8 Å². The van der Waals surface area contributed by atoms with Crippen LogP contribution in [0.2, 0.25) is 0 Å². The van der Waals surface area contributed by atoms with Crippen LogP contribution in [0.1, 0.15) is 32.3 Å². The zero-order chi connectivity index (χ0) is 18.8. The number of benzene rings is 1. The van der Waals surface area contributed by atoms with E-state index >= 15 is 0 Å². The summed E-state index contributed by atoms with van der Waals surface area (Å²) < 4.78 is 10.8. The van der Waals surface area contributed by atoms with E-state index < -0.39 is 0 Å². The molecule has 1 heterocycles. The summed E-state index contributed by atoms with van der Waals surface area (Å²) in [5, 5.41) is 6.78. The number of aliphatic imine (C=N–C) groups is 1. The van der Waals surface area contributed by atoms with E-state index in [9.17, 15) is 0 Å². The molecule has 0 aromatic heterocycles. The van der Waals surface area contributed by atoms with Gasteiger partial charge < -0.3 is 20.1 Å². The van der Waals surface area contributed by atoms with E-state index in [1.54, 1.807) is 14.2 Å². The molecule has 1 unspecified atom stereocenters. The van der Waals surface area contributed by atoms with Gasteiger partial charge in [-0.3, -0.25) is 9.89 Å². The van der Waals surface area contributed by atoms with Crippen molar-refractivity contribution in [3.8, 4) is 11.5 Å². The van der Waals surface area contributed by atoms with Gasteiger partial charge in [-0.2, -0.15) is 0 Å². The van der Waals surface area contributed by atoms with E-state index in [0.717, 1.165) is 55.6 Å². The van der Waals surface area contributed by atoms with Gasteiger partial charge in [0.25, 0.3) is 0 Å². The lowest BCUT2D eigenvalue weighted by molar-refractivity contribution is 0.273. The highest BCUT2D eigenvalue weighted by atomic mass is 127. The minimum atomic E-state index is 0. The average molecular weight is 490 g/mol. The molecule has 7 heteroatoms. The first-order chi connectivity index (χ1) is 12.7. The third kappa shape index (κ3) is 7.37. The number of nitrogens with zero attached hydrogens (tertiary/aromatic N) is 2. The van der Waals surface area contributed by atoms with E-state index in [0.29, 0.717) is 6.04 Å². The van der Waals surface area contributed by atoms with Crippen molar-refractivity contribution in [2.24, 2.45) is 4.99 Å². The summed E-state index contributed by atoms with van der Waals surface area (Å²) in [7, 11) is 3.38. The summed E-state index contributed by atoms with van der Waals surface area (Å²) in [6.07, 6.45) is 3.38. The fourth-order valence-corrected chi connectivity index (χ4v) is 3.45. The number of hydrogen-bond acceptors (Lipinski definition) is 4. The fourth-order valence-electron chi connectivity index (χ4n) is 3.45. The SMILES string of the molecule is CCNC(=NCC1CCCN1CC)NCCc1cc(OC)ccc1OC.I. The van der Waals surface area contributed by atoms with Crippen LogP contribution in [0.5, 0.6) is 11.5 Å². The second kappa shape index (κ2) is 13.0. The predicted octanol–water partition coefficient (Wildman–Crippen LogP) is 2.90. The lowest BCUT2D eigenvalue weighted by Gasteiger charge is -2.21. The maximum atomic E-state index is 5.45. The lowest BCUT2D eigenvalue weighted by Crippen LogP contribution is -2.40. The molecule has 1 atom stereocenters. The van der Waals surface area contributed by atoms with Crippen LogP contribution >= 0.6 is 24.0 Å². The largest absolute Gasteiger partial charge is 0.497 e. The number of rotatable bonds is 9. The van der Waals surface area contributed by atoms with Gasteiger partial charge in [-0.15, -0.1) is 24.0 Å². The van der Waals surface area contributed by atoms with Crippen molar-refractivity contribution in [1.82, 2.24) is 15.5 Å². The highest BCUT2D eigenvalue weighted by molar-refractivity contribution is 14.0. The van der Waals surface area contributed by atoms with Gasteiger partial charge in [0.1, 0.15) is 11.5 Å². The summed E-state index contributed by atoms with van der Waals surface area (Å²) in [4.78, 5) is 7.32. The molecule has 1 aliphatic rings. The maximum absolute atomic E-state index is 5.45. The molecule has 1 aliphatic heterocycles. The minimum Gasteiger partial charge on any atom is -0.497 e. The topological polar surface area (TPSA) is 58.1 Å². The molecule has 0 bridgehead atoms. The zero-order valence-corrected chi connectivity index (χ0v) is 19.4. The van der Waals surface area contributed by atoms with Gasteiger partial charge in [0.15, 0.2) is 5.96 Å². The van der Waals surface area contributed by atoms with Crippen molar-refractivity contribution in [3.63, 3.8) is 0 Å². The van der Waals surface area contributed by atoms with Crippen LogP contribution in [0.15, 0.2) is 23.2 Å². The summed E-state index contributed by atoms with van der Waals surface area (Å²) in [5.74, 6) is 2.62. The number of hydrogen-bond donors (Lipinski definition) is 2. The highest BCUT2D eigenvalue weighted by Gasteiger charge is 2.22. The quantitative estimate of drug-likeness (QED) is 0.317. The Bertz CT molecular complexity index is 583. The first-order valence-corrected chi connectivity index (χ1v) is 9.68. The van der Waals surface area contributed by atoms with Crippen LogP contribution in [0, 0.1) is 0 Å². The van der Waals surface area contributed by atoms with Crippen molar-refractivity contribution in [2.75, 3.05) is 46.9 Å². The van der Waals surface area contributed by atoms with Crippen molar-refractivity contribution in [3.05, 3.63) is 23.8 Å². The molecule has 6 nitrogen and oxygen atoms in total. The average Bonchev–Trinajstić information content (AvgIpc) is 3.13. The van der Waals surface area contributed by atoms with Crippen molar-refractivity contribution in [1.29, 1.82) is 0 Å². The van der Waals surface area contributed by atoms with Gasteiger partial charge in [0.2, 0.25) is 0 Å². The van der Waals surface area contributed by atoms with E-state index in [-0.39, 0.29) is 24.0 Å². The smallest absolute Gasteiger partial charge is 0.191 e. The van der Waals surface area contributed by atoms with Crippen LogP contribution in [-0.4, -0.2) is 63.8 Å². The maximum Gasteiger partial charge on any atom is 0.191 e. The number of methoxy groups -OCH3 is 2. The first kappa shape index (κ1) is 23.8. The predicted molar refractivity (Wildman–Crippen MR) is 123 cm³/mol. The Hall–Kier alpha value is -1.22. The summed E-state index contributed by atoms with van der Waals surface area (Å²) in [5.41, 5.74) is 1.13. The van der Waals surface area contributed by atoms with Crippen LogP contribution in [0.4, 0.5) is 0 Å². The summed E-state index contributed by atoms with van der Waals surface area (Å²) in [6, 6.07) is 6.48. The van der Waals surface area contributed by atoms with E-state index in [2.05, 4.69) is 29.4 Å². The molecule has 1 saturated heterocycles. The van der Waals surface area contributed by atoms with Crippen molar-refractivity contribution in [2.45, 2.75) is 39.2 Å². The molecule has 1 fully saturated rings. The Balaban J connectivity index is 0.00000364. The number of ether oxygens (including phenoxy) is 2. The Morgan fingerprint density at radius 2 is 2.04 bits per heavy atom. The van der Waals surface area contributed by atoms with Gasteiger partial charge >= 0.3 is 0 Å². The normalized spacial score (nSPS) is 17.3. The standard InChI is InChI=1S/C20H34N4O2.HI/c1-5-21-20(23-15-17-8-7-13-24(17)6-2)22-12-11-16-14-18(25-3)9-10-19(16)26-4;/h9-10,14,17H,5-8,11-13,15H2,1-4H3,(H2,21,22,23);1H. The van der Waals surface area contributed by atoms with Gasteiger partial charge in [-0.25, -0.2) is 0 Å². The highest BCUT2D eigenvalue weighted by Crippen LogP contribution is 2.24. The number of likely N-dealkylation sites (N-methyl/N-ethyl adjacent to an activating group) is 1. The second-order valence-electron chi connectivity index (χ2n) is 6.50. The molecule has 0 aliphatic carbocycles. The zero-order valence-electron chi connectivity index (χ0n) is 17.1. The molecule has 0 spiro atoms. The molecule has 2 rings (SSSR count). The first-order valence-electron chi connectivity index (χ1n) is 9.68. The monoisotopic (exact) mass is 490 g/mol. The third-order valence-electron chi connectivity index (χ3n) is 4.88. The molecular weight excluding hydrogens is 455 g/mol. The molecule has 0 amide bonds. The van der Waals surface area contributed by atoms with E-state index in [4.69, 9.17) is 14.5 Å². The molecular formula is C20H35IN4O2. The molecule has 0 radical (unpaired) electrons. The minimum absolute atomic E-state index is 0. The fraction of sp³-hybridized carbons (Fsp3) is 0.650. The Labute approximate surface area is 181 Å². The van der Waals surface area contributed by atoms with Crippen LogP contribution < -0.4 is 20.1 Å². The van der Waals surface area contributed by atoms with Gasteiger partial charge in [0, 0.05) is 19.1 Å². The molecule has 0 saturated carbocycles. The Morgan fingerprint density at radius 1 is 1.22 bits per heavy atom. The number of guanidine groups is 1. The van der Waals surface area contributed by atoms with E-state index in [1.165, 1.54) is 19.4 Å². The van der Waals surface area contributed by atoms with Crippen molar-refractivity contribution < 1.29 is 9.47 Å². The second-order valence-corrected chi connectivity index (χ2v) is 6.50. The number of nitrogens with one attached hydrogen (secondary N) is 2. The van der Waals surface area contributed by atoms with E-state index in [1.807, 2.05) is 18.2 Å². The van der Waals surface area contributed by atoms with Crippen LogP contribution in [-0.2, 0) is 6.42 Å². The Kier molecular flexibility index (Phi) is 11.5. The molecule has 1 aromatic carbocycles. The Morgan fingerprint density at radius 3 is 2.70 bits per heavy atom. The molecule has 1 aromatic rings. The van der Waals surface area contributed by atoms with Crippen molar-refractivity contribution >= 4 is 29.9 Å². The van der Waals surface area contributed by atoms with Crippen LogP contribution in [0.3, 0.4) is 0 Å². The number of halogens is 1. The molecule has 2 N–H and O–H groups in total. The number of likely N-dealkylation sites (tertiary alicyclic amines) is 1. The van der Waals surface area contributed by atoms with Crippen LogP contribution in [0.25, 0.3) is 0 Å². The van der Waals surface area contributed by atoms with Gasteiger partial charge in [-0.1, -0.05) is 6.92 Å². The molecule has 27 heavy (non-hydrogen) atoms. The van der Waals surface area contributed by atoms with Gasteiger partial charge in [-0.05, 0) is 63.0 Å². The third-order valence-corrected chi connectivity index (χ3v) is 4.88. The molecule has 154 valence electrons. The summed E-state index contributed by atoms with van der Waals surface area (Å²) >= 11 is 0. The lowest BCUT2D eigenvalue weighted by atomic mass is 10.1. The summed E-state index contributed by atoms with van der Waals surface area (Å²) in [6.45, 7) is 9.14.